The molecular formula is C7H16O2. The van der Waals surface area contributed by atoms with E-state index in [0.717, 1.165) is 0 Å². The van der Waals surface area contributed by atoms with Crippen molar-refractivity contribution in [1.29, 1.82) is 0 Å². The molecule has 0 heterocycles. The molecule has 0 aromatic rings. The topological polar surface area (TPSA) is 40.5 Å². The Hall–Kier alpha value is -0.600. The third kappa shape index (κ3) is 110. The fourth-order valence-electron chi connectivity index (χ4n) is 0. The Balaban J connectivity index is -0.0000000771. The molecule has 2 nitrogen and oxygen atoms in total. The van der Waals surface area contributed by atoms with Crippen molar-refractivity contribution >= 4 is 0 Å². The number of rotatable bonds is 1. The Morgan fingerprint density at radius 2 is 1.22 bits per heavy atom. The summed E-state index contributed by atoms with van der Waals surface area (Å²) in [7, 11) is 0. The molecule has 0 aliphatic heterocycles. The van der Waals surface area contributed by atoms with Crippen LogP contribution in [0.4, 0.5) is 0 Å². The Labute approximate surface area is 57.1 Å². The number of hydrogen-bond acceptors (Lipinski definition) is 2. The summed E-state index contributed by atoms with van der Waals surface area (Å²) in [5.41, 5.74) is 0. The summed E-state index contributed by atoms with van der Waals surface area (Å²) in [6, 6.07) is 0. The Kier molecular flexibility index (Phi) is 46.0. The second-order valence-electron chi connectivity index (χ2n) is 0.889. The van der Waals surface area contributed by atoms with Gasteiger partial charge < -0.3 is 10.2 Å². The van der Waals surface area contributed by atoms with Gasteiger partial charge in [-0.25, -0.2) is 0 Å². The zero-order chi connectivity index (χ0) is 8.28. The highest BCUT2D eigenvalue weighted by atomic mass is 16.5. The van der Waals surface area contributed by atoms with Gasteiger partial charge in [-0.2, -0.15) is 0 Å². The molecule has 0 amide bonds. The lowest BCUT2D eigenvalue weighted by Crippen LogP contribution is -1.99. The van der Waals surface area contributed by atoms with Crippen LogP contribution in [0.1, 0.15) is 13.3 Å². The van der Waals surface area contributed by atoms with E-state index in [0.29, 0.717) is 6.42 Å². The van der Waals surface area contributed by atoms with E-state index in [1.165, 1.54) is 0 Å². The highest BCUT2D eigenvalue weighted by molar-refractivity contribution is 4.22. The van der Waals surface area contributed by atoms with E-state index in [1.54, 1.807) is 6.92 Å². The average molecular weight is 132 g/mol. The van der Waals surface area contributed by atoms with Crippen molar-refractivity contribution in [3.63, 3.8) is 0 Å². The Morgan fingerprint density at radius 1 is 1.11 bits per heavy atom. The maximum atomic E-state index is 7.92. The van der Waals surface area contributed by atoms with Gasteiger partial charge in [0.15, 0.2) is 6.29 Å². The number of aliphatic hydroxyl groups is 2. The molecule has 0 rings (SSSR count). The lowest BCUT2D eigenvalue weighted by Gasteiger charge is -1.90. The fourth-order valence-corrected chi connectivity index (χ4v) is 0. The van der Waals surface area contributed by atoms with Crippen LogP contribution in [0.2, 0.25) is 0 Å². The molecule has 0 bridgehead atoms. The smallest absolute Gasteiger partial charge is 0.151 e. The highest BCUT2D eigenvalue weighted by Crippen LogP contribution is 1.77. The predicted molar refractivity (Wildman–Crippen MR) is 41.0 cm³/mol. The SMILES string of the molecule is C=C.C=C.CCC(O)O. The van der Waals surface area contributed by atoms with E-state index in [1.807, 2.05) is 0 Å². The third-order valence-corrected chi connectivity index (χ3v) is 0.365. The van der Waals surface area contributed by atoms with Gasteiger partial charge in [-0.15, -0.1) is 26.3 Å². The van der Waals surface area contributed by atoms with E-state index < -0.39 is 6.29 Å². The van der Waals surface area contributed by atoms with Gasteiger partial charge in [0.1, 0.15) is 0 Å². The monoisotopic (exact) mass is 132 g/mol. The van der Waals surface area contributed by atoms with Gasteiger partial charge in [0.2, 0.25) is 0 Å². The van der Waals surface area contributed by atoms with Gasteiger partial charge in [0.25, 0.3) is 0 Å². The second-order valence-corrected chi connectivity index (χ2v) is 0.889. The first kappa shape index (κ1) is 15.8. The van der Waals surface area contributed by atoms with Crippen LogP contribution in [0.25, 0.3) is 0 Å². The normalized spacial score (nSPS) is 6.22. The first-order chi connectivity index (χ1) is 4.27. The van der Waals surface area contributed by atoms with E-state index in [9.17, 15) is 0 Å². The molecule has 0 aromatic heterocycles. The quantitative estimate of drug-likeness (QED) is 0.417. The van der Waals surface area contributed by atoms with Crippen LogP contribution in [0.5, 0.6) is 0 Å². The summed E-state index contributed by atoms with van der Waals surface area (Å²) in [5, 5.41) is 15.8. The molecule has 2 N–H and O–H groups in total. The molecule has 0 saturated carbocycles. The van der Waals surface area contributed by atoms with Crippen LogP contribution in [0.3, 0.4) is 0 Å². The fraction of sp³-hybridized carbons (Fsp3) is 0.429. The Morgan fingerprint density at radius 3 is 1.22 bits per heavy atom. The average Bonchev–Trinajstić information content (AvgIpc) is 1.97. The van der Waals surface area contributed by atoms with Crippen molar-refractivity contribution in [2.75, 3.05) is 0 Å². The van der Waals surface area contributed by atoms with Crippen LogP contribution in [-0.2, 0) is 0 Å². The van der Waals surface area contributed by atoms with Gasteiger partial charge in [-0.3, -0.25) is 0 Å². The van der Waals surface area contributed by atoms with Gasteiger partial charge in [-0.1, -0.05) is 6.92 Å². The molecule has 0 spiro atoms. The van der Waals surface area contributed by atoms with Gasteiger partial charge in [0, 0.05) is 0 Å². The van der Waals surface area contributed by atoms with Crippen LogP contribution < -0.4 is 0 Å². The molecular weight excluding hydrogens is 116 g/mol. The minimum absolute atomic E-state index is 0.417. The first-order valence-corrected chi connectivity index (χ1v) is 2.63. The summed E-state index contributed by atoms with van der Waals surface area (Å²) in [6.45, 7) is 13.7. The molecule has 2 heteroatoms. The summed E-state index contributed by atoms with van der Waals surface area (Å²) in [6.07, 6.45) is -0.699. The van der Waals surface area contributed by atoms with E-state index in [4.69, 9.17) is 10.2 Å². The maximum absolute atomic E-state index is 7.92. The standard InChI is InChI=1S/C3H8O2.2C2H4/c1-2-3(4)5;2*1-2/h3-5H,2H2,1H3;2*1-2H2. The molecule has 0 radical (unpaired) electrons. The largest absolute Gasteiger partial charge is 0.368 e. The molecule has 9 heavy (non-hydrogen) atoms. The van der Waals surface area contributed by atoms with Crippen molar-refractivity contribution in [2.24, 2.45) is 0 Å². The Bertz CT molecular complexity index is 33.9. The highest BCUT2D eigenvalue weighted by Gasteiger charge is 1.83. The predicted octanol–water partition coefficient (Wildman–Crippen LogP) is 1.31. The zero-order valence-corrected chi connectivity index (χ0v) is 6.01. The summed E-state index contributed by atoms with van der Waals surface area (Å²) in [4.78, 5) is 0. The van der Waals surface area contributed by atoms with Crippen molar-refractivity contribution in [1.82, 2.24) is 0 Å². The molecule has 0 aliphatic carbocycles. The van der Waals surface area contributed by atoms with Crippen molar-refractivity contribution < 1.29 is 10.2 Å². The molecule has 0 fully saturated rings. The zero-order valence-electron chi connectivity index (χ0n) is 6.01. The minimum Gasteiger partial charge on any atom is -0.368 e. The van der Waals surface area contributed by atoms with Gasteiger partial charge in [0.05, 0.1) is 0 Å². The number of aliphatic hydroxyl groups excluding tert-OH is 1. The van der Waals surface area contributed by atoms with E-state index >= 15 is 0 Å². The molecule has 0 unspecified atom stereocenters. The molecule has 0 atom stereocenters. The number of hydrogen-bond donors (Lipinski definition) is 2. The van der Waals surface area contributed by atoms with Crippen molar-refractivity contribution in [3.05, 3.63) is 26.3 Å². The molecule has 0 aromatic carbocycles. The van der Waals surface area contributed by atoms with Gasteiger partial charge in [-0.05, 0) is 6.42 Å². The molecule has 0 saturated heterocycles. The van der Waals surface area contributed by atoms with Crippen molar-refractivity contribution in [2.45, 2.75) is 19.6 Å². The summed E-state index contributed by atoms with van der Waals surface area (Å²) >= 11 is 0. The molecule has 56 valence electrons. The second kappa shape index (κ2) is 26.2. The maximum Gasteiger partial charge on any atom is 0.151 e. The van der Waals surface area contributed by atoms with E-state index in [2.05, 4.69) is 26.3 Å². The lowest BCUT2D eigenvalue weighted by molar-refractivity contribution is -0.0413. The summed E-state index contributed by atoms with van der Waals surface area (Å²) in [5.74, 6) is 0. The van der Waals surface area contributed by atoms with E-state index in [-0.39, 0.29) is 0 Å². The van der Waals surface area contributed by atoms with Crippen LogP contribution >= 0.6 is 0 Å². The van der Waals surface area contributed by atoms with Crippen LogP contribution in [0.15, 0.2) is 26.3 Å². The first-order valence-electron chi connectivity index (χ1n) is 2.63. The van der Waals surface area contributed by atoms with Crippen LogP contribution in [0, 0.1) is 0 Å². The van der Waals surface area contributed by atoms with Crippen LogP contribution in [-0.4, -0.2) is 16.5 Å². The lowest BCUT2D eigenvalue weighted by atomic mass is 10.5. The molecule has 0 aliphatic rings. The van der Waals surface area contributed by atoms with Gasteiger partial charge >= 0.3 is 0 Å². The minimum atomic E-state index is -1.12. The third-order valence-electron chi connectivity index (χ3n) is 0.365. The van der Waals surface area contributed by atoms with Crippen molar-refractivity contribution in [3.8, 4) is 0 Å². The summed E-state index contributed by atoms with van der Waals surface area (Å²) < 4.78 is 0.